The van der Waals surface area contributed by atoms with E-state index in [2.05, 4.69) is 16.5 Å². The van der Waals surface area contributed by atoms with Crippen LogP contribution in [0.25, 0.3) is 0 Å². The molecule has 3 N–H and O–H groups in total. The van der Waals surface area contributed by atoms with Gasteiger partial charge in [0, 0.05) is 24.2 Å². The van der Waals surface area contributed by atoms with Gasteiger partial charge < -0.3 is 10.6 Å². The summed E-state index contributed by atoms with van der Waals surface area (Å²) in [6.07, 6.45) is 1.88. The van der Waals surface area contributed by atoms with Crippen molar-refractivity contribution in [1.82, 2.24) is 9.62 Å². The van der Waals surface area contributed by atoms with Gasteiger partial charge in [-0.2, -0.15) is 0 Å². The van der Waals surface area contributed by atoms with Crippen molar-refractivity contribution < 1.29 is 8.42 Å². The number of hydrogen-bond acceptors (Lipinski definition) is 4. The van der Waals surface area contributed by atoms with E-state index in [1.165, 1.54) is 6.07 Å². The zero-order valence-corrected chi connectivity index (χ0v) is 13.8. The van der Waals surface area contributed by atoms with Crippen molar-refractivity contribution >= 4 is 21.6 Å². The first kappa shape index (κ1) is 16.7. The van der Waals surface area contributed by atoms with Gasteiger partial charge in [0.15, 0.2) is 0 Å². The van der Waals surface area contributed by atoms with Gasteiger partial charge in [0.2, 0.25) is 10.0 Å². The van der Waals surface area contributed by atoms with Crippen LogP contribution in [-0.4, -0.2) is 39.0 Å². The highest BCUT2D eigenvalue weighted by molar-refractivity contribution is 7.89. The minimum atomic E-state index is -3.53. The fourth-order valence-corrected chi connectivity index (χ4v) is 4.11. The number of rotatable bonds is 5. The monoisotopic (exact) mass is 331 g/mol. The van der Waals surface area contributed by atoms with Gasteiger partial charge in [0.1, 0.15) is 0 Å². The van der Waals surface area contributed by atoms with Gasteiger partial charge in [0.05, 0.1) is 4.90 Å². The number of piperidine rings is 1. The van der Waals surface area contributed by atoms with Crippen molar-refractivity contribution in [2.24, 2.45) is 5.73 Å². The van der Waals surface area contributed by atoms with Gasteiger partial charge in [-0.25, -0.2) is 13.1 Å². The van der Waals surface area contributed by atoms with Crippen LogP contribution in [0.15, 0.2) is 23.1 Å². The normalized spacial score (nSPS) is 20.6. The Morgan fingerprint density at radius 3 is 2.90 bits per heavy atom. The number of nitrogens with zero attached hydrogens (tertiary/aromatic N) is 1. The SMILES string of the molecule is CCN1CCCC(NS(=O)(=O)c2ccc(Cl)c(CN)c2)C1. The van der Waals surface area contributed by atoms with Crippen molar-refractivity contribution in [3.05, 3.63) is 28.8 Å². The second-order valence-corrected chi connectivity index (χ2v) is 7.43. The van der Waals surface area contributed by atoms with Crippen LogP contribution in [0, 0.1) is 0 Å². The molecule has 1 unspecified atom stereocenters. The van der Waals surface area contributed by atoms with Crippen molar-refractivity contribution in [2.45, 2.75) is 37.2 Å². The van der Waals surface area contributed by atoms with Gasteiger partial charge in [-0.15, -0.1) is 0 Å². The lowest BCUT2D eigenvalue weighted by Gasteiger charge is -2.32. The molecule has 0 radical (unpaired) electrons. The Balaban J connectivity index is 2.14. The predicted octanol–water partition coefficient (Wildman–Crippen LogP) is 1.56. The second-order valence-electron chi connectivity index (χ2n) is 5.31. The fourth-order valence-electron chi connectivity index (χ4n) is 2.60. The van der Waals surface area contributed by atoms with E-state index in [9.17, 15) is 8.42 Å². The molecule has 0 saturated carbocycles. The number of halogens is 1. The first-order valence-electron chi connectivity index (χ1n) is 7.19. The molecule has 0 aromatic heterocycles. The molecule has 0 aliphatic carbocycles. The third kappa shape index (κ3) is 4.17. The van der Waals surface area contributed by atoms with Crippen LogP contribution in [-0.2, 0) is 16.6 Å². The summed E-state index contributed by atoms with van der Waals surface area (Å²) in [5.74, 6) is 0. The fraction of sp³-hybridized carbons (Fsp3) is 0.571. The maximum atomic E-state index is 12.5. The van der Waals surface area contributed by atoms with Crippen LogP contribution in [0.1, 0.15) is 25.3 Å². The highest BCUT2D eigenvalue weighted by Crippen LogP contribution is 2.21. The van der Waals surface area contributed by atoms with Crippen LogP contribution < -0.4 is 10.5 Å². The van der Waals surface area contributed by atoms with Crippen molar-refractivity contribution in [1.29, 1.82) is 0 Å². The Hall–Kier alpha value is -0.660. The van der Waals surface area contributed by atoms with Crippen molar-refractivity contribution in [2.75, 3.05) is 19.6 Å². The lowest BCUT2D eigenvalue weighted by Crippen LogP contribution is -2.47. The molecule has 7 heteroatoms. The topological polar surface area (TPSA) is 75.4 Å². The molecule has 0 bridgehead atoms. The number of likely N-dealkylation sites (N-methyl/N-ethyl adjacent to an activating group) is 1. The summed E-state index contributed by atoms with van der Waals surface area (Å²) in [4.78, 5) is 2.48. The molecular formula is C14H22ClN3O2S. The molecule has 5 nitrogen and oxygen atoms in total. The maximum Gasteiger partial charge on any atom is 0.240 e. The van der Waals surface area contributed by atoms with E-state index in [1.54, 1.807) is 12.1 Å². The Bertz CT molecular complexity index is 592. The summed E-state index contributed by atoms with van der Waals surface area (Å²) in [6, 6.07) is 4.60. The minimum absolute atomic E-state index is 0.0410. The zero-order valence-electron chi connectivity index (χ0n) is 12.2. The smallest absolute Gasteiger partial charge is 0.240 e. The summed E-state index contributed by atoms with van der Waals surface area (Å²) in [5.41, 5.74) is 6.21. The highest BCUT2D eigenvalue weighted by atomic mass is 35.5. The number of nitrogens with one attached hydrogen (secondary N) is 1. The summed E-state index contributed by atoms with van der Waals surface area (Å²) < 4.78 is 27.7. The van der Waals surface area contributed by atoms with Gasteiger partial charge in [-0.3, -0.25) is 0 Å². The predicted molar refractivity (Wildman–Crippen MR) is 84.8 cm³/mol. The summed E-state index contributed by atoms with van der Waals surface area (Å²) in [6.45, 7) is 5.04. The molecular weight excluding hydrogens is 310 g/mol. The Morgan fingerprint density at radius 1 is 1.48 bits per heavy atom. The van der Waals surface area contributed by atoms with E-state index >= 15 is 0 Å². The lowest BCUT2D eigenvalue weighted by atomic mass is 10.1. The van der Waals surface area contributed by atoms with Crippen molar-refractivity contribution in [3.8, 4) is 0 Å². The molecule has 1 saturated heterocycles. The molecule has 1 heterocycles. The molecule has 1 atom stereocenters. The molecule has 118 valence electrons. The number of sulfonamides is 1. The van der Waals surface area contributed by atoms with E-state index in [1.807, 2.05) is 0 Å². The summed E-state index contributed by atoms with van der Waals surface area (Å²) in [7, 11) is -3.53. The minimum Gasteiger partial charge on any atom is -0.326 e. The standard InChI is InChI=1S/C14H22ClN3O2S/c1-2-18-7-3-4-12(10-18)17-21(19,20)13-5-6-14(15)11(8-13)9-16/h5-6,8,12,17H,2-4,7,9-10,16H2,1H3. The van der Waals surface area contributed by atoms with Crippen LogP contribution >= 0.6 is 11.6 Å². The van der Waals surface area contributed by atoms with Crippen LogP contribution in [0.3, 0.4) is 0 Å². The molecule has 21 heavy (non-hydrogen) atoms. The Labute approximate surface area is 131 Å². The maximum absolute atomic E-state index is 12.5. The number of likely N-dealkylation sites (tertiary alicyclic amines) is 1. The van der Waals surface area contributed by atoms with Gasteiger partial charge in [0.25, 0.3) is 0 Å². The van der Waals surface area contributed by atoms with Crippen LogP contribution in [0.4, 0.5) is 0 Å². The molecule has 1 fully saturated rings. The zero-order chi connectivity index (χ0) is 15.5. The Kier molecular flexibility index (Phi) is 5.62. The number of benzene rings is 1. The van der Waals surface area contributed by atoms with Gasteiger partial charge in [-0.05, 0) is 49.7 Å². The molecule has 1 aromatic rings. The average molecular weight is 332 g/mol. The van der Waals surface area contributed by atoms with Gasteiger partial charge >= 0.3 is 0 Å². The first-order valence-corrected chi connectivity index (χ1v) is 9.05. The quantitative estimate of drug-likeness (QED) is 0.858. The molecule has 1 aliphatic rings. The van der Waals surface area contributed by atoms with Crippen molar-refractivity contribution in [3.63, 3.8) is 0 Å². The Morgan fingerprint density at radius 2 is 2.24 bits per heavy atom. The largest absolute Gasteiger partial charge is 0.326 e. The summed E-state index contributed by atoms with van der Waals surface area (Å²) >= 11 is 5.97. The molecule has 0 amide bonds. The average Bonchev–Trinajstić information content (AvgIpc) is 2.47. The second kappa shape index (κ2) is 7.07. The van der Waals surface area contributed by atoms with Crippen LogP contribution in [0.5, 0.6) is 0 Å². The molecule has 1 aromatic carbocycles. The highest BCUT2D eigenvalue weighted by Gasteiger charge is 2.24. The van der Waals surface area contributed by atoms with E-state index in [-0.39, 0.29) is 17.5 Å². The van der Waals surface area contributed by atoms with E-state index in [0.717, 1.165) is 32.5 Å². The van der Waals surface area contributed by atoms with Crippen LogP contribution in [0.2, 0.25) is 5.02 Å². The van der Waals surface area contributed by atoms with E-state index in [4.69, 9.17) is 17.3 Å². The lowest BCUT2D eigenvalue weighted by molar-refractivity contribution is 0.211. The molecule has 2 rings (SSSR count). The number of nitrogens with two attached hydrogens (primary N) is 1. The molecule has 0 spiro atoms. The van der Waals surface area contributed by atoms with E-state index < -0.39 is 10.0 Å². The van der Waals surface area contributed by atoms with Gasteiger partial charge in [-0.1, -0.05) is 18.5 Å². The first-order chi connectivity index (χ1) is 9.96. The third-order valence-electron chi connectivity index (χ3n) is 3.82. The summed E-state index contributed by atoms with van der Waals surface area (Å²) in [5, 5.41) is 0.492. The molecule has 1 aliphatic heterocycles. The van der Waals surface area contributed by atoms with E-state index in [0.29, 0.717) is 10.6 Å². The number of hydrogen-bond donors (Lipinski definition) is 2. The third-order valence-corrected chi connectivity index (χ3v) is 5.71.